The molecular weight excluding hydrogens is 198 g/mol. The van der Waals surface area contributed by atoms with Crippen molar-refractivity contribution in [3.05, 3.63) is 21.4 Å². The van der Waals surface area contributed by atoms with Gasteiger partial charge in [0.1, 0.15) is 6.04 Å². The van der Waals surface area contributed by atoms with E-state index in [0.29, 0.717) is 6.42 Å². The van der Waals surface area contributed by atoms with Crippen molar-refractivity contribution in [3.8, 4) is 0 Å². The third-order valence-electron chi connectivity index (χ3n) is 2.14. The Morgan fingerprint density at radius 3 is 2.71 bits per heavy atom. The van der Waals surface area contributed by atoms with Gasteiger partial charge in [-0.25, -0.2) is 0 Å². The first-order chi connectivity index (χ1) is 6.54. The summed E-state index contributed by atoms with van der Waals surface area (Å²) >= 11 is 1.68. The molecule has 0 aliphatic rings. The number of esters is 1. The molecule has 0 bridgehead atoms. The first kappa shape index (κ1) is 11.2. The summed E-state index contributed by atoms with van der Waals surface area (Å²) in [6, 6.07) is 1.53. The van der Waals surface area contributed by atoms with Gasteiger partial charge in [-0.1, -0.05) is 0 Å². The Morgan fingerprint density at radius 1 is 1.64 bits per heavy atom. The fourth-order valence-corrected chi connectivity index (χ4v) is 2.31. The van der Waals surface area contributed by atoms with Crippen molar-refractivity contribution < 1.29 is 9.53 Å². The fraction of sp³-hybridized carbons (Fsp3) is 0.500. The first-order valence-electron chi connectivity index (χ1n) is 4.44. The first-order valence-corrected chi connectivity index (χ1v) is 5.25. The van der Waals surface area contributed by atoms with Gasteiger partial charge < -0.3 is 10.5 Å². The van der Waals surface area contributed by atoms with E-state index in [1.807, 2.05) is 0 Å². The predicted molar refractivity (Wildman–Crippen MR) is 57.5 cm³/mol. The van der Waals surface area contributed by atoms with Crippen molar-refractivity contribution in [2.45, 2.75) is 26.3 Å². The van der Waals surface area contributed by atoms with Crippen LogP contribution in [-0.4, -0.2) is 19.1 Å². The highest BCUT2D eigenvalue weighted by molar-refractivity contribution is 7.12. The summed E-state index contributed by atoms with van der Waals surface area (Å²) in [5, 5.41) is 0. The lowest BCUT2D eigenvalue weighted by molar-refractivity contribution is -0.142. The van der Waals surface area contributed by atoms with Crippen LogP contribution in [0.15, 0.2) is 6.07 Å². The summed E-state index contributed by atoms with van der Waals surface area (Å²) < 4.78 is 4.56. The van der Waals surface area contributed by atoms with Crippen molar-refractivity contribution in [3.63, 3.8) is 0 Å². The minimum absolute atomic E-state index is 0.353. The molecule has 0 unspecified atom stereocenters. The number of methoxy groups -OCH3 is 1. The van der Waals surface area contributed by atoms with E-state index in [-0.39, 0.29) is 5.97 Å². The zero-order valence-electron chi connectivity index (χ0n) is 8.66. The van der Waals surface area contributed by atoms with E-state index in [2.05, 4.69) is 24.7 Å². The average molecular weight is 213 g/mol. The van der Waals surface area contributed by atoms with Crippen LogP contribution in [0.3, 0.4) is 0 Å². The number of thiophene rings is 1. The van der Waals surface area contributed by atoms with Crippen molar-refractivity contribution in [2.24, 2.45) is 5.73 Å². The van der Waals surface area contributed by atoms with Crippen LogP contribution in [-0.2, 0) is 16.0 Å². The number of ether oxygens (including phenoxy) is 1. The standard InChI is InChI=1S/C10H15NO2S/c1-6-4-8(14-7(6)2)5-9(11)10(12)13-3/h4,9H,5,11H2,1-3H3/t9-/m1/s1. The summed E-state index contributed by atoms with van der Waals surface area (Å²) in [6.07, 6.45) is 0.562. The van der Waals surface area contributed by atoms with Crippen molar-refractivity contribution >= 4 is 17.3 Å². The molecule has 0 fully saturated rings. The minimum Gasteiger partial charge on any atom is -0.468 e. The van der Waals surface area contributed by atoms with Gasteiger partial charge in [-0.15, -0.1) is 11.3 Å². The molecule has 0 saturated heterocycles. The smallest absolute Gasteiger partial charge is 0.323 e. The van der Waals surface area contributed by atoms with Crippen LogP contribution in [0.25, 0.3) is 0 Å². The zero-order chi connectivity index (χ0) is 10.7. The summed E-state index contributed by atoms with van der Waals surface area (Å²) in [5.74, 6) is -0.353. The molecule has 1 aromatic rings. The van der Waals surface area contributed by atoms with Crippen LogP contribution < -0.4 is 5.73 Å². The van der Waals surface area contributed by atoms with Gasteiger partial charge in [-0.2, -0.15) is 0 Å². The lowest BCUT2D eigenvalue weighted by Gasteiger charge is -2.06. The van der Waals surface area contributed by atoms with E-state index in [0.717, 1.165) is 4.88 Å². The number of carbonyl (C=O) groups is 1. The Hall–Kier alpha value is -0.870. The molecule has 2 N–H and O–H groups in total. The Balaban J connectivity index is 2.64. The predicted octanol–water partition coefficient (Wildman–Crippen LogP) is 1.41. The second-order valence-corrected chi connectivity index (χ2v) is 4.63. The molecule has 1 atom stereocenters. The average Bonchev–Trinajstić information content (AvgIpc) is 2.44. The molecule has 0 spiro atoms. The van der Waals surface area contributed by atoms with Crippen LogP contribution in [0.5, 0.6) is 0 Å². The Morgan fingerprint density at radius 2 is 2.29 bits per heavy atom. The molecule has 0 amide bonds. The van der Waals surface area contributed by atoms with Crippen LogP contribution in [0.2, 0.25) is 0 Å². The molecule has 0 aliphatic carbocycles. The second kappa shape index (κ2) is 4.57. The molecule has 4 heteroatoms. The van der Waals surface area contributed by atoms with Crippen molar-refractivity contribution in [1.29, 1.82) is 0 Å². The SMILES string of the molecule is COC(=O)[C@H](N)Cc1cc(C)c(C)s1. The number of rotatable bonds is 3. The highest BCUT2D eigenvalue weighted by atomic mass is 32.1. The molecule has 1 rings (SSSR count). The van der Waals surface area contributed by atoms with Crippen molar-refractivity contribution in [2.75, 3.05) is 7.11 Å². The third kappa shape index (κ3) is 2.56. The Labute approximate surface area is 87.9 Å². The van der Waals surface area contributed by atoms with E-state index in [9.17, 15) is 4.79 Å². The molecule has 0 saturated carbocycles. The minimum atomic E-state index is -0.544. The molecular formula is C10H15NO2S. The van der Waals surface area contributed by atoms with Gasteiger partial charge in [0.25, 0.3) is 0 Å². The van der Waals surface area contributed by atoms with Crippen LogP contribution in [0, 0.1) is 13.8 Å². The van der Waals surface area contributed by atoms with E-state index >= 15 is 0 Å². The monoisotopic (exact) mass is 213 g/mol. The Kier molecular flexibility index (Phi) is 3.66. The maximum Gasteiger partial charge on any atom is 0.323 e. The largest absolute Gasteiger partial charge is 0.468 e. The highest BCUT2D eigenvalue weighted by Crippen LogP contribution is 2.21. The van der Waals surface area contributed by atoms with Crippen molar-refractivity contribution in [1.82, 2.24) is 0 Å². The van der Waals surface area contributed by atoms with Gasteiger partial charge in [0.2, 0.25) is 0 Å². The second-order valence-electron chi connectivity index (χ2n) is 3.29. The maximum absolute atomic E-state index is 11.1. The van der Waals surface area contributed by atoms with E-state index in [1.165, 1.54) is 17.6 Å². The van der Waals surface area contributed by atoms with E-state index < -0.39 is 6.04 Å². The Bertz CT molecular complexity index is 313. The van der Waals surface area contributed by atoms with Gasteiger partial charge in [-0.05, 0) is 25.5 Å². The van der Waals surface area contributed by atoms with Gasteiger partial charge in [0.05, 0.1) is 7.11 Å². The summed E-state index contributed by atoms with van der Waals surface area (Å²) in [5.41, 5.74) is 6.90. The maximum atomic E-state index is 11.1. The molecule has 14 heavy (non-hydrogen) atoms. The molecule has 3 nitrogen and oxygen atoms in total. The molecule has 1 aromatic heterocycles. The normalized spacial score (nSPS) is 12.6. The summed E-state index contributed by atoms with van der Waals surface area (Å²) in [6.45, 7) is 4.12. The number of nitrogens with two attached hydrogens (primary N) is 1. The lowest BCUT2D eigenvalue weighted by atomic mass is 10.2. The number of hydrogen-bond donors (Lipinski definition) is 1. The molecule has 0 aliphatic heterocycles. The summed E-state index contributed by atoms with van der Waals surface area (Å²) in [4.78, 5) is 13.5. The summed E-state index contributed by atoms with van der Waals surface area (Å²) in [7, 11) is 1.35. The van der Waals surface area contributed by atoms with E-state index in [1.54, 1.807) is 11.3 Å². The molecule has 1 heterocycles. The van der Waals surface area contributed by atoms with E-state index in [4.69, 9.17) is 5.73 Å². The molecule has 0 aromatic carbocycles. The number of aryl methyl sites for hydroxylation is 2. The number of hydrogen-bond acceptors (Lipinski definition) is 4. The van der Waals surface area contributed by atoms with Crippen LogP contribution in [0.1, 0.15) is 15.3 Å². The molecule has 78 valence electrons. The lowest BCUT2D eigenvalue weighted by Crippen LogP contribution is -2.33. The highest BCUT2D eigenvalue weighted by Gasteiger charge is 2.15. The van der Waals surface area contributed by atoms with Gasteiger partial charge >= 0.3 is 5.97 Å². The van der Waals surface area contributed by atoms with Gasteiger partial charge in [-0.3, -0.25) is 4.79 Å². The number of carbonyl (C=O) groups excluding carboxylic acids is 1. The van der Waals surface area contributed by atoms with Gasteiger partial charge in [0, 0.05) is 16.2 Å². The molecule has 0 radical (unpaired) electrons. The third-order valence-corrected chi connectivity index (χ3v) is 3.32. The zero-order valence-corrected chi connectivity index (χ0v) is 9.48. The quantitative estimate of drug-likeness (QED) is 0.772. The van der Waals surface area contributed by atoms with Crippen LogP contribution >= 0.6 is 11.3 Å². The topological polar surface area (TPSA) is 52.3 Å². The fourth-order valence-electron chi connectivity index (χ4n) is 1.20. The van der Waals surface area contributed by atoms with Gasteiger partial charge in [0.15, 0.2) is 0 Å². The van der Waals surface area contributed by atoms with Crippen LogP contribution in [0.4, 0.5) is 0 Å².